The lowest BCUT2D eigenvalue weighted by Gasteiger charge is -2.17. The number of nitrogens with zero attached hydrogens (tertiary/aromatic N) is 2. The van der Waals surface area contributed by atoms with Gasteiger partial charge in [0, 0.05) is 19.7 Å². The first-order valence-corrected chi connectivity index (χ1v) is 5.41. The maximum atomic E-state index is 11.6. The monoisotopic (exact) mass is 222 g/mol. The molecule has 0 aliphatic heterocycles. The number of aromatic nitrogens is 1. The average molecular weight is 222 g/mol. The molecule has 1 aromatic heterocycles. The van der Waals surface area contributed by atoms with Crippen LogP contribution in [0.25, 0.3) is 0 Å². The third-order valence-corrected chi connectivity index (χ3v) is 2.33. The number of aliphatic hydroxyl groups excluding tert-OH is 1. The number of amides is 1. The average Bonchev–Trinajstić information content (AvgIpc) is 2.27. The van der Waals surface area contributed by atoms with Crippen LogP contribution < -0.4 is 0 Å². The van der Waals surface area contributed by atoms with Crippen LogP contribution in [-0.2, 0) is 11.3 Å². The molecule has 0 radical (unpaired) electrons. The first kappa shape index (κ1) is 12.6. The fraction of sp³-hybridized carbons (Fsp3) is 0.500. The Morgan fingerprint density at radius 1 is 1.56 bits per heavy atom. The minimum Gasteiger partial charge on any atom is -0.393 e. The highest BCUT2D eigenvalue weighted by atomic mass is 16.3. The molecule has 0 fully saturated rings. The zero-order valence-corrected chi connectivity index (χ0v) is 9.76. The maximum Gasteiger partial charge on any atom is 0.222 e. The lowest BCUT2D eigenvalue weighted by Crippen LogP contribution is -2.27. The minimum atomic E-state index is -0.424. The van der Waals surface area contributed by atoms with Gasteiger partial charge in [-0.25, -0.2) is 0 Å². The molecule has 0 aliphatic rings. The topological polar surface area (TPSA) is 53.4 Å². The number of hydrogen-bond acceptors (Lipinski definition) is 3. The Morgan fingerprint density at radius 2 is 2.31 bits per heavy atom. The fourth-order valence-corrected chi connectivity index (χ4v) is 1.35. The van der Waals surface area contributed by atoms with Gasteiger partial charge < -0.3 is 10.0 Å². The molecule has 0 saturated carbocycles. The van der Waals surface area contributed by atoms with Crippen LogP contribution >= 0.6 is 0 Å². The Bertz CT molecular complexity index is 325. The van der Waals surface area contributed by atoms with E-state index < -0.39 is 6.10 Å². The fourth-order valence-electron chi connectivity index (χ4n) is 1.35. The number of aliphatic hydroxyl groups is 1. The standard InChI is InChI=1S/C12H18N2O2/c1-10(15)6-7-12(16)14(2)9-11-5-3-4-8-13-11/h3-5,8,10,15H,6-7,9H2,1-2H3. The lowest BCUT2D eigenvalue weighted by atomic mass is 10.2. The van der Waals surface area contributed by atoms with Gasteiger partial charge in [0.15, 0.2) is 0 Å². The molecule has 0 bridgehead atoms. The van der Waals surface area contributed by atoms with Gasteiger partial charge in [-0.05, 0) is 25.5 Å². The molecule has 4 nitrogen and oxygen atoms in total. The number of hydrogen-bond donors (Lipinski definition) is 1. The van der Waals surface area contributed by atoms with E-state index in [9.17, 15) is 4.79 Å². The van der Waals surface area contributed by atoms with Crippen LogP contribution in [0.1, 0.15) is 25.5 Å². The summed E-state index contributed by atoms with van der Waals surface area (Å²) in [5.74, 6) is 0.0338. The Balaban J connectivity index is 2.40. The molecule has 4 heteroatoms. The Morgan fingerprint density at radius 3 is 2.88 bits per heavy atom. The van der Waals surface area contributed by atoms with Crippen LogP contribution in [0, 0.1) is 0 Å². The van der Waals surface area contributed by atoms with Crippen molar-refractivity contribution < 1.29 is 9.90 Å². The maximum absolute atomic E-state index is 11.6. The van der Waals surface area contributed by atoms with Crippen molar-refractivity contribution in [2.24, 2.45) is 0 Å². The molecule has 1 aromatic rings. The molecule has 0 aromatic carbocycles. The molecular formula is C12H18N2O2. The van der Waals surface area contributed by atoms with Crippen LogP contribution in [0.15, 0.2) is 24.4 Å². The highest BCUT2D eigenvalue weighted by molar-refractivity contribution is 5.75. The Labute approximate surface area is 95.9 Å². The summed E-state index contributed by atoms with van der Waals surface area (Å²) in [6, 6.07) is 5.63. The van der Waals surface area contributed by atoms with Crippen molar-refractivity contribution in [1.82, 2.24) is 9.88 Å². The van der Waals surface area contributed by atoms with E-state index in [2.05, 4.69) is 4.98 Å². The van der Waals surface area contributed by atoms with Gasteiger partial charge in [-0.1, -0.05) is 6.07 Å². The highest BCUT2D eigenvalue weighted by Crippen LogP contribution is 2.04. The van der Waals surface area contributed by atoms with Crippen LogP contribution in [0.4, 0.5) is 0 Å². The van der Waals surface area contributed by atoms with Gasteiger partial charge >= 0.3 is 0 Å². The van der Waals surface area contributed by atoms with E-state index in [1.54, 1.807) is 25.1 Å². The normalized spacial score (nSPS) is 12.2. The number of carbonyl (C=O) groups excluding carboxylic acids is 1. The second-order valence-electron chi connectivity index (χ2n) is 3.96. The predicted octanol–water partition coefficient (Wildman–Crippen LogP) is 1.20. The number of rotatable bonds is 5. The largest absolute Gasteiger partial charge is 0.393 e. The summed E-state index contributed by atoms with van der Waals surface area (Å²) in [4.78, 5) is 17.4. The SMILES string of the molecule is CC(O)CCC(=O)N(C)Cc1ccccn1. The van der Waals surface area contributed by atoms with Gasteiger partial charge in [-0.15, -0.1) is 0 Å². The van der Waals surface area contributed by atoms with Crippen molar-refractivity contribution in [3.8, 4) is 0 Å². The molecule has 88 valence electrons. The molecule has 1 unspecified atom stereocenters. The van der Waals surface area contributed by atoms with E-state index in [0.717, 1.165) is 5.69 Å². The molecule has 0 spiro atoms. The Kier molecular flexibility index (Phi) is 4.92. The van der Waals surface area contributed by atoms with Crippen molar-refractivity contribution in [3.63, 3.8) is 0 Å². The first-order valence-electron chi connectivity index (χ1n) is 5.41. The smallest absolute Gasteiger partial charge is 0.222 e. The second-order valence-corrected chi connectivity index (χ2v) is 3.96. The third-order valence-electron chi connectivity index (χ3n) is 2.33. The summed E-state index contributed by atoms with van der Waals surface area (Å²) in [5, 5.41) is 9.09. The van der Waals surface area contributed by atoms with E-state index >= 15 is 0 Å². The van der Waals surface area contributed by atoms with E-state index in [1.165, 1.54) is 0 Å². The van der Waals surface area contributed by atoms with Gasteiger partial charge in [0.2, 0.25) is 5.91 Å². The summed E-state index contributed by atoms with van der Waals surface area (Å²) in [6.45, 7) is 2.20. The van der Waals surface area contributed by atoms with E-state index in [1.807, 2.05) is 18.2 Å². The molecule has 1 atom stereocenters. The summed E-state index contributed by atoms with van der Waals surface area (Å²) in [6.07, 6.45) is 2.17. The number of pyridine rings is 1. The van der Waals surface area contributed by atoms with Crippen LogP contribution in [0.2, 0.25) is 0 Å². The quantitative estimate of drug-likeness (QED) is 0.814. The van der Waals surface area contributed by atoms with Crippen LogP contribution in [0.5, 0.6) is 0 Å². The van der Waals surface area contributed by atoms with Crippen molar-refractivity contribution in [2.45, 2.75) is 32.4 Å². The van der Waals surface area contributed by atoms with Gasteiger partial charge in [0.25, 0.3) is 0 Å². The van der Waals surface area contributed by atoms with Crippen molar-refractivity contribution in [2.75, 3.05) is 7.05 Å². The molecule has 1 amide bonds. The van der Waals surface area contributed by atoms with E-state index in [4.69, 9.17) is 5.11 Å². The molecule has 1 rings (SSSR count). The van der Waals surface area contributed by atoms with Crippen molar-refractivity contribution in [1.29, 1.82) is 0 Å². The third kappa shape index (κ3) is 4.40. The minimum absolute atomic E-state index is 0.0338. The summed E-state index contributed by atoms with van der Waals surface area (Å²) in [7, 11) is 1.75. The lowest BCUT2D eigenvalue weighted by molar-refractivity contribution is -0.131. The zero-order valence-electron chi connectivity index (χ0n) is 9.76. The van der Waals surface area contributed by atoms with Crippen molar-refractivity contribution >= 4 is 5.91 Å². The number of carbonyl (C=O) groups is 1. The molecular weight excluding hydrogens is 204 g/mol. The van der Waals surface area contributed by atoms with Gasteiger partial charge in [0.05, 0.1) is 18.3 Å². The summed E-state index contributed by atoms with van der Waals surface area (Å²) < 4.78 is 0. The molecule has 16 heavy (non-hydrogen) atoms. The Hall–Kier alpha value is -1.42. The molecule has 0 aliphatic carbocycles. The van der Waals surface area contributed by atoms with E-state index in [0.29, 0.717) is 19.4 Å². The molecule has 1 heterocycles. The first-order chi connectivity index (χ1) is 7.59. The van der Waals surface area contributed by atoms with Crippen LogP contribution in [-0.4, -0.2) is 34.0 Å². The van der Waals surface area contributed by atoms with E-state index in [-0.39, 0.29) is 5.91 Å². The molecule has 1 N–H and O–H groups in total. The van der Waals surface area contributed by atoms with Crippen LogP contribution in [0.3, 0.4) is 0 Å². The summed E-state index contributed by atoms with van der Waals surface area (Å²) >= 11 is 0. The summed E-state index contributed by atoms with van der Waals surface area (Å²) in [5.41, 5.74) is 0.871. The van der Waals surface area contributed by atoms with Gasteiger partial charge in [-0.3, -0.25) is 9.78 Å². The predicted molar refractivity (Wildman–Crippen MR) is 61.6 cm³/mol. The zero-order chi connectivity index (χ0) is 12.0. The van der Waals surface area contributed by atoms with Crippen molar-refractivity contribution in [3.05, 3.63) is 30.1 Å². The highest BCUT2D eigenvalue weighted by Gasteiger charge is 2.10. The van der Waals surface area contributed by atoms with Gasteiger partial charge in [-0.2, -0.15) is 0 Å². The molecule has 0 saturated heterocycles. The second kappa shape index (κ2) is 6.23. The van der Waals surface area contributed by atoms with Gasteiger partial charge in [0.1, 0.15) is 0 Å².